The summed E-state index contributed by atoms with van der Waals surface area (Å²) in [7, 11) is 1.69. The van der Waals surface area contributed by atoms with Crippen LogP contribution >= 0.6 is 0 Å². The Morgan fingerprint density at radius 1 is 1.24 bits per heavy atom. The first-order valence-electron chi connectivity index (χ1n) is 8.13. The van der Waals surface area contributed by atoms with Crippen LogP contribution in [0.5, 0.6) is 5.75 Å². The van der Waals surface area contributed by atoms with Crippen LogP contribution in [0.15, 0.2) is 18.2 Å². The van der Waals surface area contributed by atoms with Crippen LogP contribution in [0, 0.1) is 6.92 Å². The van der Waals surface area contributed by atoms with Gasteiger partial charge in [0.05, 0.1) is 19.3 Å². The standard InChI is InChI=1S/C18H29NO2/c1-14-10-11-17(21-3)16(12-14)18(2,13-20)19-15-8-6-4-5-7-9-15/h10-12,15,19-20H,4-9,13H2,1-3H3. The van der Waals surface area contributed by atoms with Gasteiger partial charge in [-0.05, 0) is 32.8 Å². The predicted molar refractivity (Wildman–Crippen MR) is 86.8 cm³/mol. The van der Waals surface area contributed by atoms with Crippen LogP contribution in [0.4, 0.5) is 0 Å². The largest absolute Gasteiger partial charge is 0.496 e. The van der Waals surface area contributed by atoms with Crippen molar-refractivity contribution in [2.24, 2.45) is 0 Å². The lowest BCUT2D eigenvalue weighted by atomic mass is 9.89. The number of aryl methyl sites for hydroxylation is 1. The van der Waals surface area contributed by atoms with Crippen LogP contribution in [0.2, 0.25) is 0 Å². The minimum absolute atomic E-state index is 0.0727. The average molecular weight is 291 g/mol. The Bertz CT molecular complexity index is 453. The molecule has 0 spiro atoms. The van der Waals surface area contributed by atoms with Gasteiger partial charge in [-0.3, -0.25) is 0 Å². The summed E-state index contributed by atoms with van der Waals surface area (Å²) in [5.41, 5.74) is 1.79. The van der Waals surface area contributed by atoms with Gasteiger partial charge in [0.25, 0.3) is 0 Å². The predicted octanol–water partition coefficient (Wildman–Crippen LogP) is 3.52. The summed E-state index contributed by atoms with van der Waals surface area (Å²) in [4.78, 5) is 0. The normalized spacial score (nSPS) is 19.8. The number of aliphatic hydroxyl groups is 1. The van der Waals surface area contributed by atoms with E-state index < -0.39 is 5.54 Å². The third-order valence-corrected chi connectivity index (χ3v) is 4.64. The third kappa shape index (κ3) is 3.98. The van der Waals surface area contributed by atoms with Crippen LogP contribution in [-0.4, -0.2) is 24.9 Å². The van der Waals surface area contributed by atoms with Gasteiger partial charge in [0.15, 0.2) is 0 Å². The van der Waals surface area contributed by atoms with Gasteiger partial charge in [-0.1, -0.05) is 43.4 Å². The molecule has 1 aromatic carbocycles. The molecule has 0 radical (unpaired) electrons. The Labute approximate surface area is 128 Å². The van der Waals surface area contributed by atoms with Crippen molar-refractivity contribution in [3.8, 4) is 5.75 Å². The highest BCUT2D eigenvalue weighted by Crippen LogP contribution is 2.32. The van der Waals surface area contributed by atoms with Crippen LogP contribution in [0.3, 0.4) is 0 Å². The average Bonchev–Trinajstić information content (AvgIpc) is 2.75. The second kappa shape index (κ2) is 7.28. The second-order valence-electron chi connectivity index (χ2n) is 6.53. The minimum Gasteiger partial charge on any atom is -0.496 e. The second-order valence-corrected chi connectivity index (χ2v) is 6.53. The molecule has 0 aliphatic heterocycles. The van der Waals surface area contributed by atoms with E-state index in [2.05, 4.69) is 25.2 Å². The highest BCUT2D eigenvalue weighted by molar-refractivity contribution is 5.42. The molecule has 118 valence electrons. The van der Waals surface area contributed by atoms with E-state index in [4.69, 9.17) is 4.74 Å². The SMILES string of the molecule is COc1ccc(C)cc1C(C)(CO)NC1CCCCCC1. The summed E-state index contributed by atoms with van der Waals surface area (Å²) in [6.07, 6.45) is 7.63. The lowest BCUT2D eigenvalue weighted by Gasteiger charge is -2.35. The molecule has 0 amide bonds. The fraction of sp³-hybridized carbons (Fsp3) is 0.667. The molecule has 1 unspecified atom stereocenters. The number of methoxy groups -OCH3 is 1. The zero-order chi connectivity index (χ0) is 15.3. The highest BCUT2D eigenvalue weighted by atomic mass is 16.5. The fourth-order valence-electron chi connectivity index (χ4n) is 3.34. The molecule has 3 heteroatoms. The molecule has 0 bridgehead atoms. The molecule has 1 aliphatic rings. The molecule has 0 saturated heterocycles. The molecule has 1 aromatic rings. The van der Waals surface area contributed by atoms with Crippen molar-refractivity contribution < 1.29 is 9.84 Å². The smallest absolute Gasteiger partial charge is 0.124 e. The third-order valence-electron chi connectivity index (χ3n) is 4.64. The van der Waals surface area contributed by atoms with Gasteiger partial charge in [-0.25, -0.2) is 0 Å². The zero-order valence-electron chi connectivity index (χ0n) is 13.6. The Hall–Kier alpha value is -1.06. The van der Waals surface area contributed by atoms with E-state index in [0.29, 0.717) is 6.04 Å². The molecule has 2 N–H and O–H groups in total. The van der Waals surface area contributed by atoms with Crippen molar-refractivity contribution in [1.82, 2.24) is 5.32 Å². The molecule has 1 saturated carbocycles. The Balaban J connectivity index is 2.25. The van der Waals surface area contributed by atoms with Crippen molar-refractivity contribution >= 4 is 0 Å². The first-order chi connectivity index (χ1) is 10.1. The van der Waals surface area contributed by atoms with Crippen molar-refractivity contribution in [1.29, 1.82) is 0 Å². The number of hydrogen-bond donors (Lipinski definition) is 2. The summed E-state index contributed by atoms with van der Waals surface area (Å²) in [6.45, 7) is 4.23. The van der Waals surface area contributed by atoms with Crippen molar-refractivity contribution in [2.45, 2.75) is 64.0 Å². The summed E-state index contributed by atoms with van der Waals surface area (Å²) < 4.78 is 5.51. The molecule has 1 fully saturated rings. The summed E-state index contributed by atoms with van der Waals surface area (Å²) in [5, 5.41) is 13.7. The highest BCUT2D eigenvalue weighted by Gasteiger charge is 2.31. The Kier molecular flexibility index (Phi) is 5.65. The molecule has 1 aliphatic carbocycles. The van der Waals surface area contributed by atoms with Gasteiger partial charge in [0.2, 0.25) is 0 Å². The van der Waals surface area contributed by atoms with Gasteiger partial charge in [0.1, 0.15) is 5.75 Å². The Morgan fingerprint density at radius 2 is 1.90 bits per heavy atom. The molecule has 0 heterocycles. The number of hydrogen-bond acceptors (Lipinski definition) is 3. The molecule has 3 nitrogen and oxygen atoms in total. The molecule has 2 rings (SSSR count). The van der Waals surface area contributed by atoms with Gasteiger partial charge in [0, 0.05) is 11.6 Å². The number of aliphatic hydroxyl groups excluding tert-OH is 1. The van der Waals surface area contributed by atoms with E-state index >= 15 is 0 Å². The summed E-state index contributed by atoms with van der Waals surface area (Å²) in [5.74, 6) is 0.846. The van der Waals surface area contributed by atoms with E-state index in [1.807, 2.05) is 12.1 Å². The zero-order valence-corrected chi connectivity index (χ0v) is 13.6. The number of rotatable bonds is 5. The summed E-state index contributed by atoms with van der Waals surface area (Å²) in [6, 6.07) is 6.65. The molecule has 21 heavy (non-hydrogen) atoms. The van der Waals surface area contributed by atoms with E-state index in [1.54, 1.807) is 7.11 Å². The van der Waals surface area contributed by atoms with E-state index in [-0.39, 0.29) is 6.61 Å². The minimum atomic E-state index is -0.452. The monoisotopic (exact) mass is 291 g/mol. The quantitative estimate of drug-likeness (QED) is 0.816. The maximum atomic E-state index is 10.0. The van der Waals surface area contributed by atoms with E-state index in [1.165, 1.54) is 44.1 Å². The number of ether oxygens (including phenoxy) is 1. The lowest BCUT2D eigenvalue weighted by molar-refractivity contribution is 0.153. The van der Waals surface area contributed by atoms with Gasteiger partial charge >= 0.3 is 0 Å². The van der Waals surface area contributed by atoms with E-state index in [9.17, 15) is 5.11 Å². The molecular weight excluding hydrogens is 262 g/mol. The van der Waals surface area contributed by atoms with Crippen LogP contribution < -0.4 is 10.1 Å². The lowest BCUT2D eigenvalue weighted by Crippen LogP contribution is -2.48. The fourth-order valence-corrected chi connectivity index (χ4v) is 3.34. The van der Waals surface area contributed by atoms with Gasteiger partial charge in [-0.2, -0.15) is 0 Å². The Morgan fingerprint density at radius 3 is 2.48 bits per heavy atom. The maximum absolute atomic E-state index is 10.0. The first kappa shape index (κ1) is 16.3. The van der Waals surface area contributed by atoms with Crippen molar-refractivity contribution in [3.05, 3.63) is 29.3 Å². The topological polar surface area (TPSA) is 41.5 Å². The summed E-state index contributed by atoms with van der Waals surface area (Å²) >= 11 is 0. The van der Waals surface area contributed by atoms with Crippen LogP contribution in [0.1, 0.15) is 56.6 Å². The van der Waals surface area contributed by atoms with Gasteiger partial charge < -0.3 is 15.2 Å². The van der Waals surface area contributed by atoms with Crippen LogP contribution in [-0.2, 0) is 5.54 Å². The number of nitrogens with one attached hydrogen (secondary N) is 1. The first-order valence-corrected chi connectivity index (χ1v) is 8.13. The van der Waals surface area contributed by atoms with Crippen LogP contribution in [0.25, 0.3) is 0 Å². The number of benzene rings is 1. The van der Waals surface area contributed by atoms with Crippen molar-refractivity contribution in [2.75, 3.05) is 13.7 Å². The molecule has 0 aromatic heterocycles. The molecule has 1 atom stereocenters. The van der Waals surface area contributed by atoms with Gasteiger partial charge in [-0.15, -0.1) is 0 Å². The van der Waals surface area contributed by atoms with E-state index in [0.717, 1.165) is 11.3 Å². The molecular formula is C18H29NO2. The van der Waals surface area contributed by atoms with Crippen molar-refractivity contribution in [3.63, 3.8) is 0 Å². The maximum Gasteiger partial charge on any atom is 0.124 e.